The van der Waals surface area contributed by atoms with E-state index < -0.39 is 12.3 Å². The lowest BCUT2D eigenvalue weighted by Gasteiger charge is -2.22. The molecule has 0 amide bonds. The van der Waals surface area contributed by atoms with Gasteiger partial charge >= 0.3 is 6.16 Å². The molecule has 1 saturated carbocycles. The number of rotatable bonds is 5. The first kappa shape index (κ1) is 19.1. The Morgan fingerprint density at radius 3 is 2.46 bits per heavy atom. The van der Waals surface area contributed by atoms with Crippen LogP contribution >= 0.6 is 11.8 Å². The Balaban J connectivity index is 1.60. The number of ketones is 1. The van der Waals surface area contributed by atoms with E-state index >= 15 is 0 Å². The molecule has 1 atom stereocenters. The van der Waals surface area contributed by atoms with E-state index in [-0.39, 0.29) is 5.78 Å². The normalized spacial score (nSPS) is 19.4. The van der Waals surface area contributed by atoms with E-state index in [2.05, 4.69) is 12.1 Å². The average Bonchev–Trinajstić information content (AvgIpc) is 3.27. The zero-order valence-corrected chi connectivity index (χ0v) is 16.8. The lowest BCUT2D eigenvalue weighted by atomic mass is 9.84. The lowest BCUT2D eigenvalue weighted by Crippen LogP contribution is -2.11. The molecule has 2 heterocycles. The summed E-state index contributed by atoms with van der Waals surface area (Å²) in [5.41, 5.74) is 3.42. The molecule has 0 saturated heterocycles. The summed E-state index contributed by atoms with van der Waals surface area (Å²) in [6.45, 7) is 0.592. The smallest absolute Gasteiger partial charge is 0.450 e. The molecule has 0 bridgehead atoms. The first-order valence-electron chi connectivity index (χ1n) is 9.90. The van der Waals surface area contributed by atoms with E-state index in [0.717, 1.165) is 10.6 Å². The van der Waals surface area contributed by atoms with Gasteiger partial charge in [-0.3, -0.25) is 4.79 Å². The monoisotopic (exact) mass is 399 g/mol. The number of ether oxygens (including phenoxy) is 1. The van der Waals surface area contributed by atoms with Crippen molar-refractivity contribution in [2.45, 2.75) is 62.0 Å². The van der Waals surface area contributed by atoms with Crippen molar-refractivity contribution in [3.05, 3.63) is 52.8 Å². The van der Waals surface area contributed by atoms with Crippen LogP contribution in [0.2, 0.25) is 0 Å². The molecule has 0 spiro atoms. The molecule has 5 nitrogen and oxygen atoms in total. The fourth-order valence-corrected chi connectivity index (χ4v) is 5.19. The zero-order chi connectivity index (χ0) is 19.7. The number of carboxylic acid groups (broad SMARTS) is 1. The minimum atomic E-state index is -1.28. The third-order valence-electron chi connectivity index (χ3n) is 5.97. The van der Waals surface area contributed by atoms with Gasteiger partial charge in [0.2, 0.25) is 5.78 Å². The summed E-state index contributed by atoms with van der Waals surface area (Å²) in [4.78, 5) is 25.1. The second-order valence-corrected chi connectivity index (χ2v) is 8.43. The number of carbonyl (C=O) groups excluding carboxylic acids is 1. The van der Waals surface area contributed by atoms with E-state index in [0.29, 0.717) is 30.1 Å². The van der Waals surface area contributed by atoms with Gasteiger partial charge in [0, 0.05) is 23.4 Å². The fraction of sp³-hybridized carbons (Fsp3) is 0.455. The fourth-order valence-electron chi connectivity index (χ4n) is 4.55. The molecule has 6 heteroatoms. The van der Waals surface area contributed by atoms with Gasteiger partial charge in [0.25, 0.3) is 0 Å². The van der Waals surface area contributed by atoms with Crippen molar-refractivity contribution in [3.8, 4) is 0 Å². The summed E-state index contributed by atoms with van der Waals surface area (Å²) in [6.07, 6.45) is 7.10. The van der Waals surface area contributed by atoms with Crippen LogP contribution in [0.4, 0.5) is 4.79 Å². The lowest BCUT2D eigenvalue weighted by molar-refractivity contribution is 0.0518. The van der Waals surface area contributed by atoms with Crippen molar-refractivity contribution in [1.82, 2.24) is 4.57 Å². The number of hydrogen-bond donors (Lipinski definition) is 1. The van der Waals surface area contributed by atoms with Crippen LogP contribution in [0.3, 0.4) is 0 Å². The number of hydrogen-bond acceptors (Lipinski definition) is 4. The van der Waals surface area contributed by atoms with Crippen LogP contribution in [-0.2, 0) is 11.3 Å². The highest BCUT2D eigenvalue weighted by molar-refractivity contribution is 7.98. The van der Waals surface area contributed by atoms with Crippen LogP contribution < -0.4 is 0 Å². The molecule has 1 fully saturated rings. The molecule has 28 heavy (non-hydrogen) atoms. The summed E-state index contributed by atoms with van der Waals surface area (Å²) in [7, 11) is 0. The maximum Gasteiger partial charge on any atom is 0.506 e. The van der Waals surface area contributed by atoms with Gasteiger partial charge < -0.3 is 14.4 Å². The summed E-state index contributed by atoms with van der Waals surface area (Å²) in [5, 5.41) is 8.95. The van der Waals surface area contributed by atoms with Gasteiger partial charge in [-0.15, -0.1) is 11.8 Å². The summed E-state index contributed by atoms with van der Waals surface area (Å²) in [6, 6.07) is 9.99. The Bertz CT molecular complexity index is 881. The van der Waals surface area contributed by atoms with Gasteiger partial charge in [-0.2, -0.15) is 0 Å². The van der Waals surface area contributed by atoms with Gasteiger partial charge in [-0.1, -0.05) is 43.5 Å². The maximum atomic E-state index is 13.3. The largest absolute Gasteiger partial charge is 0.506 e. The topological polar surface area (TPSA) is 68.5 Å². The van der Waals surface area contributed by atoms with Crippen molar-refractivity contribution >= 4 is 23.7 Å². The molecule has 2 aromatic rings. The molecule has 1 aromatic carbocycles. The van der Waals surface area contributed by atoms with Crippen LogP contribution in [0.25, 0.3) is 0 Å². The molecule has 0 radical (unpaired) electrons. The third kappa shape index (κ3) is 3.58. The molecule has 1 aliphatic carbocycles. The standard InChI is InChI=1S/C22H25NO4S/c1-28-19-13-17-18(27-22(25)26)11-12-23(17)20(19)21(24)16-9-7-15(8-10-16)14-5-3-2-4-6-14/h7-10,13-14,18H,2-6,11-12H2,1H3,(H,25,26). The molecule has 1 aromatic heterocycles. The quantitative estimate of drug-likeness (QED) is 0.401. The molecule has 1 N–H and O–H groups in total. The molecular formula is C22H25NO4S. The minimum absolute atomic E-state index is 0.0123. The van der Waals surface area contributed by atoms with Gasteiger partial charge in [0.1, 0.15) is 11.8 Å². The van der Waals surface area contributed by atoms with Crippen molar-refractivity contribution < 1.29 is 19.4 Å². The van der Waals surface area contributed by atoms with Crippen molar-refractivity contribution in [2.75, 3.05) is 6.26 Å². The van der Waals surface area contributed by atoms with Crippen molar-refractivity contribution in [2.24, 2.45) is 0 Å². The molecule has 1 unspecified atom stereocenters. The highest BCUT2D eigenvalue weighted by atomic mass is 32.2. The van der Waals surface area contributed by atoms with Crippen LogP contribution in [-0.4, -0.2) is 27.9 Å². The van der Waals surface area contributed by atoms with Crippen molar-refractivity contribution in [3.63, 3.8) is 0 Å². The summed E-state index contributed by atoms with van der Waals surface area (Å²) < 4.78 is 6.92. The number of nitrogens with zero attached hydrogens (tertiary/aromatic N) is 1. The van der Waals surface area contributed by atoms with Gasteiger partial charge in [0.15, 0.2) is 0 Å². The number of benzene rings is 1. The summed E-state index contributed by atoms with van der Waals surface area (Å²) >= 11 is 1.50. The highest BCUT2D eigenvalue weighted by Crippen LogP contribution is 2.38. The van der Waals surface area contributed by atoms with E-state index in [9.17, 15) is 9.59 Å². The first-order valence-corrected chi connectivity index (χ1v) is 11.1. The molecule has 1 aliphatic heterocycles. The number of fused-ring (bicyclic) bond motifs is 1. The predicted molar refractivity (Wildman–Crippen MR) is 108 cm³/mol. The third-order valence-corrected chi connectivity index (χ3v) is 6.72. The second-order valence-electron chi connectivity index (χ2n) is 7.58. The molecule has 2 aliphatic rings. The van der Waals surface area contributed by atoms with Crippen LogP contribution in [0.5, 0.6) is 0 Å². The second kappa shape index (κ2) is 8.03. The van der Waals surface area contributed by atoms with Gasteiger partial charge in [0.05, 0.1) is 5.69 Å². The number of thioether (sulfide) groups is 1. The van der Waals surface area contributed by atoms with Crippen LogP contribution in [0, 0.1) is 0 Å². The Hall–Kier alpha value is -2.21. The summed E-state index contributed by atoms with van der Waals surface area (Å²) in [5.74, 6) is 0.605. The number of carbonyl (C=O) groups is 2. The Morgan fingerprint density at radius 2 is 1.82 bits per heavy atom. The minimum Gasteiger partial charge on any atom is -0.450 e. The van der Waals surface area contributed by atoms with Gasteiger partial charge in [-0.25, -0.2) is 4.79 Å². The molecular weight excluding hydrogens is 374 g/mol. The Morgan fingerprint density at radius 1 is 1.11 bits per heavy atom. The van der Waals surface area contributed by atoms with Crippen LogP contribution in [0.1, 0.15) is 77.9 Å². The maximum absolute atomic E-state index is 13.3. The first-order chi connectivity index (χ1) is 13.6. The van der Waals surface area contributed by atoms with E-state index in [4.69, 9.17) is 9.84 Å². The Labute approximate surface area is 169 Å². The van der Waals surface area contributed by atoms with E-state index in [1.54, 1.807) is 0 Å². The SMILES string of the molecule is CSc1cc2n(c1C(=O)c1ccc(C3CCCCC3)cc1)CCC2OC(=O)O. The van der Waals surface area contributed by atoms with E-state index in [1.807, 2.05) is 29.0 Å². The average molecular weight is 400 g/mol. The van der Waals surface area contributed by atoms with Crippen molar-refractivity contribution in [1.29, 1.82) is 0 Å². The van der Waals surface area contributed by atoms with Gasteiger partial charge in [-0.05, 0) is 36.6 Å². The molecule has 148 valence electrons. The predicted octanol–water partition coefficient (Wildman–Crippen LogP) is 5.63. The highest BCUT2D eigenvalue weighted by Gasteiger charge is 2.32. The zero-order valence-electron chi connectivity index (χ0n) is 16.0. The van der Waals surface area contributed by atoms with Crippen LogP contribution in [0.15, 0.2) is 35.2 Å². The number of aromatic nitrogens is 1. The Kier molecular flexibility index (Phi) is 5.49. The molecule has 4 rings (SSSR count). The van der Waals surface area contributed by atoms with E-state index in [1.165, 1.54) is 49.4 Å².